The highest BCUT2D eigenvalue weighted by Gasteiger charge is 2.26. The van der Waals surface area contributed by atoms with E-state index in [4.69, 9.17) is 5.73 Å². The molecule has 1 aliphatic rings. The molecule has 0 aliphatic heterocycles. The molecule has 104 valence electrons. The first-order valence-electron chi connectivity index (χ1n) is 7.30. The summed E-state index contributed by atoms with van der Waals surface area (Å²) in [5, 5.41) is 0. The third-order valence-electron chi connectivity index (χ3n) is 3.92. The first-order chi connectivity index (χ1) is 9.22. The number of carbonyl (C=O) groups excluding carboxylic acids is 1. The van der Waals surface area contributed by atoms with Crippen LogP contribution in [0.2, 0.25) is 0 Å². The van der Waals surface area contributed by atoms with Crippen LogP contribution in [-0.2, 0) is 4.79 Å². The van der Waals surface area contributed by atoms with E-state index in [1.165, 1.54) is 24.8 Å². The number of aryl methyl sites for hydroxylation is 1. The SMILES string of the molecule is Cc1ccc(N(CCN)C(=O)C2CCCCC2)cc1. The minimum Gasteiger partial charge on any atom is -0.329 e. The molecule has 1 fully saturated rings. The number of hydrogen-bond acceptors (Lipinski definition) is 2. The van der Waals surface area contributed by atoms with Gasteiger partial charge in [-0.05, 0) is 31.9 Å². The number of nitrogens with zero attached hydrogens (tertiary/aromatic N) is 1. The molecular formula is C16H24N2O. The second-order valence-corrected chi connectivity index (χ2v) is 5.45. The van der Waals surface area contributed by atoms with Crippen LogP contribution in [0.4, 0.5) is 5.69 Å². The van der Waals surface area contributed by atoms with Gasteiger partial charge in [-0.25, -0.2) is 0 Å². The van der Waals surface area contributed by atoms with Crippen molar-refractivity contribution in [2.24, 2.45) is 11.7 Å². The summed E-state index contributed by atoms with van der Waals surface area (Å²) in [5.41, 5.74) is 7.86. The predicted molar refractivity (Wildman–Crippen MR) is 79.2 cm³/mol. The number of amides is 1. The molecule has 1 saturated carbocycles. The zero-order valence-corrected chi connectivity index (χ0v) is 11.8. The summed E-state index contributed by atoms with van der Waals surface area (Å²) in [6.07, 6.45) is 5.70. The molecule has 1 aromatic rings. The van der Waals surface area contributed by atoms with Crippen LogP contribution in [0.1, 0.15) is 37.7 Å². The zero-order chi connectivity index (χ0) is 13.7. The maximum absolute atomic E-state index is 12.6. The largest absolute Gasteiger partial charge is 0.329 e. The van der Waals surface area contributed by atoms with E-state index >= 15 is 0 Å². The molecule has 0 atom stereocenters. The van der Waals surface area contributed by atoms with Gasteiger partial charge in [-0.1, -0.05) is 37.0 Å². The van der Waals surface area contributed by atoms with E-state index in [0.29, 0.717) is 13.1 Å². The quantitative estimate of drug-likeness (QED) is 0.904. The van der Waals surface area contributed by atoms with Crippen LogP contribution >= 0.6 is 0 Å². The van der Waals surface area contributed by atoms with Gasteiger partial charge in [-0.3, -0.25) is 4.79 Å². The zero-order valence-electron chi connectivity index (χ0n) is 11.8. The lowest BCUT2D eigenvalue weighted by atomic mass is 9.88. The van der Waals surface area contributed by atoms with E-state index in [0.717, 1.165) is 18.5 Å². The Morgan fingerprint density at radius 1 is 1.21 bits per heavy atom. The molecule has 19 heavy (non-hydrogen) atoms. The number of benzene rings is 1. The Morgan fingerprint density at radius 2 is 1.84 bits per heavy atom. The van der Waals surface area contributed by atoms with Gasteiger partial charge in [0.05, 0.1) is 0 Å². The van der Waals surface area contributed by atoms with Crippen molar-refractivity contribution in [2.45, 2.75) is 39.0 Å². The maximum atomic E-state index is 12.6. The summed E-state index contributed by atoms with van der Waals surface area (Å²) >= 11 is 0. The van der Waals surface area contributed by atoms with Crippen molar-refractivity contribution in [1.82, 2.24) is 0 Å². The number of anilines is 1. The van der Waals surface area contributed by atoms with E-state index < -0.39 is 0 Å². The van der Waals surface area contributed by atoms with Gasteiger partial charge in [0.1, 0.15) is 0 Å². The molecule has 2 rings (SSSR count). The van der Waals surface area contributed by atoms with Crippen LogP contribution in [0.3, 0.4) is 0 Å². The number of carbonyl (C=O) groups is 1. The lowest BCUT2D eigenvalue weighted by Gasteiger charge is -2.29. The van der Waals surface area contributed by atoms with Crippen LogP contribution in [0, 0.1) is 12.8 Å². The van der Waals surface area contributed by atoms with Crippen LogP contribution in [0.25, 0.3) is 0 Å². The maximum Gasteiger partial charge on any atom is 0.230 e. The molecule has 0 unspecified atom stereocenters. The molecule has 3 heteroatoms. The molecular weight excluding hydrogens is 236 g/mol. The molecule has 1 amide bonds. The molecule has 0 saturated heterocycles. The fourth-order valence-corrected chi connectivity index (χ4v) is 2.79. The fraction of sp³-hybridized carbons (Fsp3) is 0.562. The molecule has 1 aromatic carbocycles. The highest BCUT2D eigenvalue weighted by Crippen LogP contribution is 2.27. The molecule has 0 radical (unpaired) electrons. The average molecular weight is 260 g/mol. The summed E-state index contributed by atoms with van der Waals surface area (Å²) in [6, 6.07) is 8.14. The predicted octanol–water partition coefficient (Wildman–Crippen LogP) is 2.87. The van der Waals surface area contributed by atoms with Crippen LogP contribution in [0.15, 0.2) is 24.3 Å². The molecule has 0 bridgehead atoms. The van der Waals surface area contributed by atoms with Gasteiger partial charge < -0.3 is 10.6 Å². The van der Waals surface area contributed by atoms with Crippen molar-refractivity contribution >= 4 is 11.6 Å². The first kappa shape index (κ1) is 14.1. The Balaban J connectivity index is 2.14. The van der Waals surface area contributed by atoms with Gasteiger partial charge in [0.2, 0.25) is 5.91 Å². The summed E-state index contributed by atoms with van der Waals surface area (Å²) in [6.45, 7) is 3.17. The van der Waals surface area contributed by atoms with E-state index in [1.54, 1.807) is 0 Å². The molecule has 0 heterocycles. The van der Waals surface area contributed by atoms with E-state index in [9.17, 15) is 4.79 Å². The average Bonchev–Trinajstić information content (AvgIpc) is 2.46. The normalized spacial score (nSPS) is 16.3. The molecule has 3 nitrogen and oxygen atoms in total. The third-order valence-corrected chi connectivity index (χ3v) is 3.92. The standard InChI is InChI=1S/C16H24N2O/c1-13-7-9-15(10-8-13)18(12-11-17)16(19)14-5-3-2-4-6-14/h7-10,14H,2-6,11-12,17H2,1H3. The Kier molecular flexibility index (Phi) is 4.97. The van der Waals surface area contributed by atoms with Gasteiger partial charge in [0, 0.05) is 24.7 Å². The van der Waals surface area contributed by atoms with Crippen molar-refractivity contribution in [1.29, 1.82) is 0 Å². The van der Waals surface area contributed by atoms with Crippen LogP contribution in [0.5, 0.6) is 0 Å². The van der Waals surface area contributed by atoms with E-state index in [2.05, 4.69) is 6.92 Å². The minimum atomic E-state index is 0.196. The fourth-order valence-electron chi connectivity index (χ4n) is 2.79. The van der Waals surface area contributed by atoms with Gasteiger partial charge in [0.15, 0.2) is 0 Å². The summed E-state index contributed by atoms with van der Waals surface area (Å²) in [5.74, 6) is 0.454. The molecule has 0 spiro atoms. The Labute approximate surface area is 115 Å². The van der Waals surface area contributed by atoms with E-state index in [-0.39, 0.29) is 11.8 Å². The van der Waals surface area contributed by atoms with Gasteiger partial charge in [-0.2, -0.15) is 0 Å². The number of hydrogen-bond donors (Lipinski definition) is 1. The lowest BCUT2D eigenvalue weighted by Crippen LogP contribution is -2.40. The smallest absolute Gasteiger partial charge is 0.230 e. The van der Waals surface area contributed by atoms with Crippen molar-refractivity contribution in [3.05, 3.63) is 29.8 Å². The highest BCUT2D eigenvalue weighted by molar-refractivity contribution is 5.95. The summed E-state index contributed by atoms with van der Waals surface area (Å²) in [7, 11) is 0. The van der Waals surface area contributed by atoms with Gasteiger partial charge in [0.25, 0.3) is 0 Å². The van der Waals surface area contributed by atoms with Gasteiger partial charge >= 0.3 is 0 Å². The molecule has 1 aliphatic carbocycles. The second kappa shape index (κ2) is 6.71. The van der Waals surface area contributed by atoms with Crippen LogP contribution < -0.4 is 10.6 Å². The monoisotopic (exact) mass is 260 g/mol. The highest BCUT2D eigenvalue weighted by atomic mass is 16.2. The summed E-state index contributed by atoms with van der Waals surface area (Å²) in [4.78, 5) is 14.5. The van der Waals surface area contributed by atoms with Crippen LogP contribution in [-0.4, -0.2) is 19.0 Å². The topological polar surface area (TPSA) is 46.3 Å². The van der Waals surface area contributed by atoms with Gasteiger partial charge in [-0.15, -0.1) is 0 Å². The second-order valence-electron chi connectivity index (χ2n) is 5.45. The van der Waals surface area contributed by atoms with E-state index in [1.807, 2.05) is 29.2 Å². The Bertz CT molecular complexity index is 407. The number of rotatable bonds is 4. The molecule has 0 aromatic heterocycles. The van der Waals surface area contributed by atoms with Crippen molar-refractivity contribution in [2.75, 3.05) is 18.0 Å². The lowest BCUT2D eigenvalue weighted by molar-refractivity contribution is -0.123. The summed E-state index contributed by atoms with van der Waals surface area (Å²) < 4.78 is 0. The number of nitrogens with two attached hydrogens (primary N) is 1. The van der Waals surface area contributed by atoms with Crippen molar-refractivity contribution < 1.29 is 4.79 Å². The molecule has 2 N–H and O–H groups in total. The van der Waals surface area contributed by atoms with Crippen molar-refractivity contribution in [3.63, 3.8) is 0 Å². The Hall–Kier alpha value is -1.35. The third kappa shape index (κ3) is 3.57. The van der Waals surface area contributed by atoms with Crippen molar-refractivity contribution in [3.8, 4) is 0 Å². The first-order valence-corrected chi connectivity index (χ1v) is 7.30. The minimum absolute atomic E-state index is 0.196. The Morgan fingerprint density at radius 3 is 2.42 bits per heavy atom.